The lowest BCUT2D eigenvalue weighted by Crippen LogP contribution is -2.20. The van der Waals surface area contributed by atoms with Gasteiger partial charge in [-0.05, 0) is 31.7 Å². The van der Waals surface area contributed by atoms with Crippen LogP contribution in [0.15, 0.2) is 30.3 Å². The van der Waals surface area contributed by atoms with Crippen LogP contribution in [0.2, 0.25) is 0 Å². The Kier molecular flexibility index (Phi) is 4.13. The van der Waals surface area contributed by atoms with E-state index in [-0.39, 0.29) is 0 Å². The van der Waals surface area contributed by atoms with Gasteiger partial charge in [-0.1, -0.05) is 34.1 Å². The number of hydrogen-bond acceptors (Lipinski definition) is 2. The van der Waals surface area contributed by atoms with Crippen LogP contribution in [0.25, 0.3) is 10.9 Å². The minimum absolute atomic E-state index is 0.968. The number of rotatable bonds is 4. The van der Waals surface area contributed by atoms with Crippen LogP contribution in [-0.4, -0.2) is 28.8 Å². The highest BCUT2D eigenvalue weighted by Crippen LogP contribution is 2.19. The number of hydrogen-bond donors (Lipinski definition) is 0. The van der Waals surface area contributed by atoms with Crippen molar-refractivity contribution in [2.45, 2.75) is 13.5 Å². The van der Waals surface area contributed by atoms with Crippen molar-refractivity contribution in [2.24, 2.45) is 0 Å². The molecule has 0 aliphatic carbocycles. The van der Waals surface area contributed by atoms with Crippen molar-refractivity contribution in [2.75, 3.05) is 18.9 Å². The molecule has 2 aromatic rings. The molecule has 90 valence electrons. The van der Waals surface area contributed by atoms with E-state index >= 15 is 0 Å². The van der Waals surface area contributed by atoms with Crippen LogP contribution < -0.4 is 0 Å². The van der Waals surface area contributed by atoms with E-state index in [4.69, 9.17) is 0 Å². The van der Waals surface area contributed by atoms with Crippen LogP contribution in [0.4, 0.5) is 0 Å². The molecule has 0 saturated heterocycles. The van der Waals surface area contributed by atoms with Gasteiger partial charge in [-0.25, -0.2) is 0 Å². The maximum absolute atomic E-state index is 4.56. The first-order valence-corrected chi connectivity index (χ1v) is 6.92. The number of para-hydroxylation sites is 1. The second-order valence-corrected chi connectivity index (χ2v) is 5.16. The lowest BCUT2D eigenvalue weighted by atomic mass is 10.1. The van der Waals surface area contributed by atoms with Gasteiger partial charge >= 0.3 is 0 Å². The lowest BCUT2D eigenvalue weighted by molar-refractivity contribution is 0.351. The van der Waals surface area contributed by atoms with Crippen LogP contribution in [0, 0.1) is 6.92 Å². The van der Waals surface area contributed by atoms with Gasteiger partial charge in [-0.2, -0.15) is 0 Å². The number of aryl methyl sites for hydroxylation is 1. The van der Waals surface area contributed by atoms with Crippen LogP contribution in [-0.2, 0) is 6.54 Å². The summed E-state index contributed by atoms with van der Waals surface area (Å²) in [6.45, 7) is 4.07. The molecule has 0 radical (unpaired) electrons. The molecule has 0 unspecified atom stereocenters. The first-order chi connectivity index (χ1) is 8.20. The van der Waals surface area contributed by atoms with Crippen molar-refractivity contribution in [3.63, 3.8) is 0 Å². The molecule has 0 spiro atoms. The predicted octanol–water partition coefficient (Wildman–Crippen LogP) is 3.37. The standard InChI is InChI=1S/C14H17BrN2/c1-11-9-12(10-17(2)8-7-15)13-5-3-4-6-14(13)16-11/h3-6,9H,7-8,10H2,1-2H3. The minimum Gasteiger partial charge on any atom is -0.301 e. The van der Waals surface area contributed by atoms with Gasteiger partial charge in [0.05, 0.1) is 5.52 Å². The third-order valence-corrected chi connectivity index (χ3v) is 3.19. The van der Waals surface area contributed by atoms with Crippen molar-refractivity contribution >= 4 is 26.8 Å². The first kappa shape index (κ1) is 12.5. The predicted molar refractivity (Wildman–Crippen MR) is 76.6 cm³/mol. The molecule has 2 rings (SSSR count). The molecule has 1 heterocycles. The van der Waals surface area contributed by atoms with E-state index in [2.05, 4.69) is 64.1 Å². The fourth-order valence-corrected chi connectivity index (χ4v) is 2.65. The second kappa shape index (κ2) is 5.61. The highest BCUT2D eigenvalue weighted by molar-refractivity contribution is 9.09. The molecule has 0 fully saturated rings. The normalized spacial score (nSPS) is 11.3. The molecule has 17 heavy (non-hydrogen) atoms. The van der Waals surface area contributed by atoms with Gasteiger partial charge in [-0.3, -0.25) is 4.98 Å². The molecule has 0 saturated carbocycles. The molecule has 2 nitrogen and oxygen atoms in total. The topological polar surface area (TPSA) is 16.1 Å². The van der Waals surface area contributed by atoms with Crippen LogP contribution >= 0.6 is 15.9 Å². The number of halogens is 1. The van der Waals surface area contributed by atoms with E-state index in [0.29, 0.717) is 0 Å². The fraction of sp³-hybridized carbons (Fsp3) is 0.357. The van der Waals surface area contributed by atoms with Gasteiger partial charge in [-0.15, -0.1) is 0 Å². The number of nitrogens with zero attached hydrogens (tertiary/aromatic N) is 2. The van der Waals surface area contributed by atoms with Crippen molar-refractivity contribution < 1.29 is 0 Å². The lowest BCUT2D eigenvalue weighted by Gasteiger charge is -2.16. The monoisotopic (exact) mass is 292 g/mol. The average molecular weight is 293 g/mol. The molecule has 1 aromatic carbocycles. The zero-order chi connectivity index (χ0) is 12.3. The van der Waals surface area contributed by atoms with Gasteiger partial charge < -0.3 is 4.90 Å². The van der Waals surface area contributed by atoms with Gasteiger partial charge in [0.2, 0.25) is 0 Å². The number of aromatic nitrogens is 1. The number of alkyl halides is 1. The second-order valence-electron chi connectivity index (χ2n) is 4.37. The van der Waals surface area contributed by atoms with Crippen LogP contribution in [0.5, 0.6) is 0 Å². The minimum atomic E-state index is 0.968. The zero-order valence-electron chi connectivity index (χ0n) is 10.3. The molecule has 0 N–H and O–H groups in total. The van der Waals surface area contributed by atoms with E-state index < -0.39 is 0 Å². The van der Waals surface area contributed by atoms with Gasteiger partial charge in [0.25, 0.3) is 0 Å². The molecule has 0 aliphatic rings. The summed E-state index contributed by atoms with van der Waals surface area (Å²) in [7, 11) is 2.14. The van der Waals surface area contributed by atoms with E-state index in [1.807, 2.05) is 6.07 Å². The molecule has 1 aromatic heterocycles. The smallest absolute Gasteiger partial charge is 0.0708 e. The number of pyridine rings is 1. The van der Waals surface area contributed by atoms with E-state index in [9.17, 15) is 0 Å². The highest BCUT2D eigenvalue weighted by Gasteiger charge is 2.06. The Morgan fingerprint density at radius 1 is 1.29 bits per heavy atom. The molecule has 0 atom stereocenters. The molecule has 3 heteroatoms. The first-order valence-electron chi connectivity index (χ1n) is 5.80. The summed E-state index contributed by atoms with van der Waals surface area (Å²) in [6, 6.07) is 10.5. The van der Waals surface area contributed by atoms with Gasteiger partial charge in [0.1, 0.15) is 0 Å². The SMILES string of the molecule is Cc1cc(CN(C)CCBr)c2ccccc2n1. The fourth-order valence-electron chi connectivity index (χ4n) is 2.04. The van der Waals surface area contributed by atoms with Crippen molar-refractivity contribution in [1.29, 1.82) is 0 Å². The Labute approximate surface area is 111 Å². The molecule has 0 amide bonds. The Morgan fingerprint density at radius 2 is 2.06 bits per heavy atom. The van der Waals surface area contributed by atoms with Crippen molar-refractivity contribution in [3.8, 4) is 0 Å². The summed E-state index contributed by atoms with van der Waals surface area (Å²) in [6.07, 6.45) is 0. The van der Waals surface area contributed by atoms with Gasteiger partial charge in [0.15, 0.2) is 0 Å². The van der Waals surface area contributed by atoms with E-state index in [1.54, 1.807) is 0 Å². The van der Waals surface area contributed by atoms with Crippen molar-refractivity contribution in [1.82, 2.24) is 9.88 Å². The van der Waals surface area contributed by atoms with Gasteiger partial charge in [0, 0.05) is 29.5 Å². The Bertz CT molecular complexity index is 511. The molecule has 0 aliphatic heterocycles. The van der Waals surface area contributed by atoms with E-state index in [1.165, 1.54) is 10.9 Å². The van der Waals surface area contributed by atoms with Crippen molar-refractivity contribution in [3.05, 3.63) is 41.6 Å². The molecular formula is C14H17BrN2. The summed E-state index contributed by atoms with van der Waals surface area (Å²) in [5.41, 5.74) is 3.54. The summed E-state index contributed by atoms with van der Waals surface area (Å²) in [5.74, 6) is 0. The summed E-state index contributed by atoms with van der Waals surface area (Å²) >= 11 is 3.47. The Balaban J connectivity index is 2.38. The number of fused-ring (bicyclic) bond motifs is 1. The maximum atomic E-state index is 4.56. The zero-order valence-corrected chi connectivity index (χ0v) is 11.9. The third kappa shape index (κ3) is 3.05. The number of benzene rings is 1. The Hall–Kier alpha value is -0.930. The van der Waals surface area contributed by atoms with E-state index in [0.717, 1.165) is 29.6 Å². The maximum Gasteiger partial charge on any atom is 0.0708 e. The molecule has 0 bridgehead atoms. The quantitative estimate of drug-likeness (QED) is 0.803. The largest absolute Gasteiger partial charge is 0.301 e. The third-order valence-electron chi connectivity index (χ3n) is 2.84. The summed E-state index contributed by atoms with van der Waals surface area (Å²) < 4.78 is 0. The van der Waals surface area contributed by atoms with Crippen LogP contribution in [0.1, 0.15) is 11.3 Å². The van der Waals surface area contributed by atoms with Crippen LogP contribution in [0.3, 0.4) is 0 Å². The summed E-state index contributed by atoms with van der Waals surface area (Å²) in [4.78, 5) is 6.88. The Morgan fingerprint density at radius 3 is 2.82 bits per heavy atom. The molecular weight excluding hydrogens is 276 g/mol. The highest BCUT2D eigenvalue weighted by atomic mass is 79.9. The summed E-state index contributed by atoms with van der Waals surface area (Å²) in [5, 5.41) is 2.27. The average Bonchev–Trinajstić information content (AvgIpc) is 2.29.